The number of ether oxygens (including phenoxy) is 1. The Kier molecular flexibility index (Phi) is 4.74. The van der Waals surface area contributed by atoms with Gasteiger partial charge in [-0.15, -0.1) is 0 Å². The zero-order valence-electron chi connectivity index (χ0n) is 9.07. The predicted molar refractivity (Wildman–Crippen MR) is 55.9 cm³/mol. The minimum atomic E-state index is 0.615. The van der Waals surface area contributed by atoms with E-state index < -0.39 is 0 Å². The van der Waals surface area contributed by atoms with E-state index in [-0.39, 0.29) is 0 Å². The van der Waals surface area contributed by atoms with Gasteiger partial charge >= 0.3 is 0 Å². The smallest absolute Gasteiger partial charge is 0.0471 e. The van der Waals surface area contributed by atoms with Gasteiger partial charge in [-0.05, 0) is 44.6 Å². The van der Waals surface area contributed by atoms with Crippen LogP contribution in [-0.2, 0) is 4.74 Å². The summed E-state index contributed by atoms with van der Waals surface area (Å²) in [6.45, 7) is 8.45. The SMILES string of the molecule is CCCNCC1(CCOCC)CC1. The number of rotatable bonds is 8. The molecule has 2 nitrogen and oxygen atoms in total. The molecule has 1 aliphatic carbocycles. The summed E-state index contributed by atoms with van der Waals surface area (Å²) in [4.78, 5) is 0. The van der Waals surface area contributed by atoms with Crippen LogP contribution in [0.25, 0.3) is 0 Å². The summed E-state index contributed by atoms with van der Waals surface area (Å²) in [6.07, 6.45) is 5.28. The number of hydrogen-bond acceptors (Lipinski definition) is 2. The molecule has 0 bridgehead atoms. The van der Waals surface area contributed by atoms with Crippen LogP contribution in [0.15, 0.2) is 0 Å². The summed E-state index contributed by atoms with van der Waals surface area (Å²) in [5.74, 6) is 0. The minimum absolute atomic E-state index is 0.615. The van der Waals surface area contributed by atoms with E-state index >= 15 is 0 Å². The van der Waals surface area contributed by atoms with Crippen molar-refractivity contribution in [1.29, 1.82) is 0 Å². The van der Waals surface area contributed by atoms with Crippen LogP contribution in [0.5, 0.6) is 0 Å². The lowest BCUT2D eigenvalue weighted by Crippen LogP contribution is -2.25. The van der Waals surface area contributed by atoms with Crippen molar-refractivity contribution < 1.29 is 4.74 Å². The van der Waals surface area contributed by atoms with Crippen molar-refractivity contribution in [3.63, 3.8) is 0 Å². The third kappa shape index (κ3) is 4.10. The molecule has 0 aliphatic heterocycles. The van der Waals surface area contributed by atoms with Crippen LogP contribution in [0.3, 0.4) is 0 Å². The second-order valence-corrected chi connectivity index (χ2v) is 4.12. The fraction of sp³-hybridized carbons (Fsp3) is 1.00. The molecule has 1 fully saturated rings. The Hall–Kier alpha value is -0.0800. The highest BCUT2D eigenvalue weighted by atomic mass is 16.5. The van der Waals surface area contributed by atoms with Crippen molar-refractivity contribution in [3.05, 3.63) is 0 Å². The van der Waals surface area contributed by atoms with Gasteiger partial charge in [0, 0.05) is 19.8 Å². The number of hydrogen-bond donors (Lipinski definition) is 1. The summed E-state index contributed by atoms with van der Waals surface area (Å²) >= 11 is 0. The van der Waals surface area contributed by atoms with Crippen molar-refractivity contribution in [2.75, 3.05) is 26.3 Å². The molecule has 1 saturated carbocycles. The average Bonchev–Trinajstić information content (AvgIpc) is 2.87. The van der Waals surface area contributed by atoms with E-state index in [1.165, 1.54) is 32.2 Å². The van der Waals surface area contributed by atoms with Crippen LogP contribution in [0, 0.1) is 5.41 Å². The first-order chi connectivity index (χ1) is 6.33. The van der Waals surface area contributed by atoms with Gasteiger partial charge in [0.1, 0.15) is 0 Å². The maximum atomic E-state index is 5.39. The first kappa shape index (κ1) is 11.0. The van der Waals surface area contributed by atoms with Gasteiger partial charge in [0.2, 0.25) is 0 Å². The molecule has 1 aliphatic rings. The summed E-state index contributed by atoms with van der Waals surface area (Å²) in [5, 5.41) is 3.51. The molecule has 0 aromatic heterocycles. The molecule has 0 unspecified atom stereocenters. The van der Waals surface area contributed by atoms with Crippen LogP contribution >= 0.6 is 0 Å². The monoisotopic (exact) mass is 185 g/mol. The fourth-order valence-electron chi connectivity index (χ4n) is 1.66. The van der Waals surface area contributed by atoms with Crippen LogP contribution < -0.4 is 5.32 Å². The van der Waals surface area contributed by atoms with Gasteiger partial charge in [-0.2, -0.15) is 0 Å². The summed E-state index contributed by atoms with van der Waals surface area (Å²) in [5.41, 5.74) is 0.615. The standard InChI is InChI=1S/C11H23NO/c1-3-8-12-10-11(5-6-11)7-9-13-4-2/h12H,3-10H2,1-2H3. The first-order valence-electron chi connectivity index (χ1n) is 5.61. The molecule has 1 N–H and O–H groups in total. The molecule has 0 spiro atoms. The molecular formula is C11H23NO. The maximum absolute atomic E-state index is 5.39. The van der Waals surface area contributed by atoms with E-state index in [0.29, 0.717) is 5.41 Å². The van der Waals surface area contributed by atoms with Gasteiger partial charge in [0.05, 0.1) is 0 Å². The molecule has 0 aromatic rings. The lowest BCUT2D eigenvalue weighted by molar-refractivity contribution is 0.128. The lowest BCUT2D eigenvalue weighted by atomic mass is 10.0. The van der Waals surface area contributed by atoms with Gasteiger partial charge in [0.15, 0.2) is 0 Å². The first-order valence-corrected chi connectivity index (χ1v) is 5.61. The predicted octanol–water partition coefficient (Wildman–Crippen LogP) is 2.19. The van der Waals surface area contributed by atoms with Crippen molar-refractivity contribution in [1.82, 2.24) is 5.32 Å². The molecular weight excluding hydrogens is 162 g/mol. The maximum Gasteiger partial charge on any atom is 0.0471 e. The van der Waals surface area contributed by atoms with Crippen molar-refractivity contribution in [2.45, 2.75) is 39.5 Å². The minimum Gasteiger partial charge on any atom is -0.382 e. The fourth-order valence-corrected chi connectivity index (χ4v) is 1.66. The molecule has 2 heteroatoms. The van der Waals surface area contributed by atoms with Crippen LogP contribution in [-0.4, -0.2) is 26.3 Å². The van der Waals surface area contributed by atoms with Crippen molar-refractivity contribution in [2.24, 2.45) is 5.41 Å². The third-order valence-electron chi connectivity index (χ3n) is 2.86. The Balaban J connectivity index is 2.01. The Morgan fingerprint density at radius 3 is 2.62 bits per heavy atom. The van der Waals surface area contributed by atoms with Crippen molar-refractivity contribution in [3.8, 4) is 0 Å². The molecule has 78 valence electrons. The van der Waals surface area contributed by atoms with Crippen LogP contribution in [0.2, 0.25) is 0 Å². The van der Waals surface area contributed by atoms with E-state index in [1.54, 1.807) is 0 Å². The molecule has 0 amide bonds. The molecule has 13 heavy (non-hydrogen) atoms. The molecule has 0 atom stereocenters. The van der Waals surface area contributed by atoms with E-state index in [0.717, 1.165) is 19.8 Å². The Morgan fingerprint density at radius 1 is 1.31 bits per heavy atom. The van der Waals surface area contributed by atoms with Gasteiger partial charge in [-0.3, -0.25) is 0 Å². The zero-order valence-corrected chi connectivity index (χ0v) is 9.07. The van der Waals surface area contributed by atoms with E-state index in [9.17, 15) is 0 Å². The topological polar surface area (TPSA) is 21.3 Å². The normalized spacial score (nSPS) is 18.9. The highest BCUT2D eigenvalue weighted by molar-refractivity contribution is 4.94. The molecule has 0 saturated heterocycles. The molecule has 0 radical (unpaired) electrons. The molecule has 0 aromatic carbocycles. The summed E-state index contributed by atoms with van der Waals surface area (Å²) in [6, 6.07) is 0. The highest BCUT2D eigenvalue weighted by Crippen LogP contribution is 2.48. The van der Waals surface area contributed by atoms with Crippen LogP contribution in [0.4, 0.5) is 0 Å². The zero-order chi connectivity index (χ0) is 9.57. The number of nitrogens with one attached hydrogen (secondary N) is 1. The van der Waals surface area contributed by atoms with Gasteiger partial charge in [-0.1, -0.05) is 6.92 Å². The van der Waals surface area contributed by atoms with E-state index in [2.05, 4.69) is 19.2 Å². The van der Waals surface area contributed by atoms with E-state index in [1.807, 2.05) is 0 Å². The second kappa shape index (κ2) is 5.61. The lowest BCUT2D eigenvalue weighted by Gasteiger charge is -2.15. The van der Waals surface area contributed by atoms with Crippen LogP contribution in [0.1, 0.15) is 39.5 Å². The Bertz CT molecular complexity index is 120. The molecule has 1 rings (SSSR count). The third-order valence-corrected chi connectivity index (χ3v) is 2.86. The second-order valence-electron chi connectivity index (χ2n) is 4.12. The van der Waals surface area contributed by atoms with Gasteiger partial charge in [0.25, 0.3) is 0 Å². The van der Waals surface area contributed by atoms with E-state index in [4.69, 9.17) is 4.74 Å². The van der Waals surface area contributed by atoms with Gasteiger partial charge in [-0.25, -0.2) is 0 Å². The van der Waals surface area contributed by atoms with Gasteiger partial charge < -0.3 is 10.1 Å². The largest absolute Gasteiger partial charge is 0.382 e. The molecule has 0 heterocycles. The van der Waals surface area contributed by atoms with Crippen molar-refractivity contribution >= 4 is 0 Å². The average molecular weight is 185 g/mol. The highest BCUT2D eigenvalue weighted by Gasteiger charge is 2.41. The Morgan fingerprint density at radius 2 is 2.08 bits per heavy atom. The summed E-state index contributed by atoms with van der Waals surface area (Å²) < 4.78 is 5.39. The quantitative estimate of drug-likeness (QED) is 0.585. The Labute approximate surface area is 82.0 Å². The summed E-state index contributed by atoms with van der Waals surface area (Å²) in [7, 11) is 0.